The van der Waals surface area contributed by atoms with Crippen LogP contribution >= 0.6 is 20.4 Å². The van der Waals surface area contributed by atoms with Gasteiger partial charge in [0, 0.05) is 6.20 Å². The number of benzene rings is 1. The molecule has 5 atom stereocenters. The number of aliphatic hydroxyl groups is 1. The Morgan fingerprint density at radius 2 is 2.11 bits per heavy atom. The van der Waals surface area contributed by atoms with E-state index in [1.807, 2.05) is 30.3 Å². The number of carbonyl (C=O) groups is 1. The molecule has 15 heteroatoms. The molecule has 0 radical (unpaired) electrons. The van der Waals surface area contributed by atoms with Crippen LogP contribution in [0.15, 0.2) is 46.5 Å². The number of nitrogens with two attached hydrogens (primary N) is 1. The summed E-state index contributed by atoms with van der Waals surface area (Å²) < 4.78 is 19.3. The summed E-state index contributed by atoms with van der Waals surface area (Å²) in [6.07, 6.45) is -2.16. The van der Waals surface area contributed by atoms with Crippen LogP contribution in [0.3, 0.4) is 0 Å². The highest BCUT2D eigenvalue weighted by atomic mass is 32.2. The Morgan fingerprint density at radius 3 is 2.89 bits per heavy atom. The van der Waals surface area contributed by atoms with Gasteiger partial charge in [-0.3, -0.25) is 14.2 Å². The number of aromatic amines is 1. The summed E-state index contributed by atoms with van der Waals surface area (Å²) in [5.74, 6) is -0.433. The fraction of sp³-hybridized carbons (Fsp3) is 0.300. The van der Waals surface area contributed by atoms with Gasteiger partial charge in [0.2, 0.25) is 11.7 Å². The van der Waals surface area contributed by atoms with Gasteiger partial charge in [0.15, 0.2) is 22.5 Å². The van der Waals surface area contributed by atoms with Gasteiger partial charge in [-0.1, -0.05) is 42.1 Å². The van der Waals surface area contributed by atoms with Crippen LogP contribution in [0.2, 0.25) is 0 Å². The van der Waals surface area contributed by atoms with Crippen LogP contribution in [0.5, 0.6) is 0 Å². The normalized spacial score (nSPS) is 26.4. The molecule has 35 heavy (non-hydrogen) atoms. The highest BCUT2D eigenvalue weighted by Gasteiger charge is 2.50. The van der Waals surface area contributed by atoms with E-state index in [0.29, 0.717) is 5.69 Å². The molecule has 5 N–H and O–H groups in total. The fourth-order valence-corrected chi connectivity index (χ4v) is 5.77. The van der Waals surface area contributed by atoms with Crippen molar-refractivity contribution < 1.29 is 28.6 Å². The number of fused-ring (bicyclic) bond motifs is 3. The maximum atomic E-state index is 13.4. The minimum atomic E-state index is -2.14. The molecule has 13 nitrogen and oxygen atoms in total. The Balaban J connectivity index is 1.51. The van der Waals surface area contributed by atoms with E-state index in [4.69, 9.17) is 19.5 Å². The van der Waals surface area contributed by atoms with Crippen molar-refractivity contribution in [1.82, 2.24) is 23.9 Å². The minimum Gasteiger partial charge on any atom is -0.386 e. The molecule has 2 aliphatic heterocycles. The zero-order valence-electron chi connectivity index (χ0n) is 17.8. The van der Waals surface area contributed by atoms with Crippen molar-refractivity contribution in [2.75, 3.05) is 12.4 Å². The maximum absolute atomic E-state index is 13.4. The first kappa shape index (κ1) is 22.6. The lowest BCUT2D eigenvalue weighted by Crippen LogP contribution is -2.38. The maximum Gasteiger partial charge on any atom is 0.330 e. The highest BCUT2D eigenvalue weighted by molar-refractivity contribution is 7.99. The third kappa shape index (κ3) is 3.83. The number of carbonyl (C=O) groups excluding carboxylic acids is 1. The number of aromatic nitrogens is 5. The number of hydrogen-bond acceptors (Lipinski definition) is 10. The van der Waals surface area contributed by atoms with Gasteiger partial charge in [0.25, 0.3) is 5.56 Å². The molecule has 2 aliphatic rings. The van der Waals surface area contributed by atoms with Crippen molar-refractivity contribution in [2.24, 2.45) is 5.73 Å². The molecule has 6 rings (SSSR count). The number of imidazole rings is 2. The van der Waals surface area contributed by atoms with Crippen LogP contribution in [-0.4, -0.2) is 70.5 Å². The first-order chi connectivity index (χ1) is 16.9. The fourth-order valence-electron chi connectivity index (χ4n) is 4.21. The predicted molar refractivity (Wildman–Crippen MR) is 124 cm³/mol. The third-order valence-corrected chi connectivity index (χ3v) is 7.54. The molecular formula is C20H19N6O7PS. The molecular weight excluding hydrogens is 499 g/mol. The number of ether oxygens (including phenoxy) is 1. The Labute approximate surface area is 201 Å². The van der Waals surface area contributed by atoms with Crippen LogP contribution in [0.4, 0.5) is 0 Å². The molecule has 0 saturated carbocycles. The van der Waals surface area contributed by atoms with E-state index in [-0.39, 0.29) is 34.5 Å². The number of amides is 1. The lowest BCUT2D eigenvalue weighted by molar-refractivity contribution is -0.115. The number of thioether (sulfide) groups is 1. The first-order valence-electron chi connectivity index (χ1n) is 10.5. The Morgan fingerprint density at radius 1 is 1.31 bits per heavy atom. The lowest BCUT2D eigenvalue weighted by atomic mass is 10.1. The predicted octanol–water partition coefficient (Wildman–Crippen LogP) is 0.510. The number of primary amides is 1. The number of nitrogens with zero attached hydrogens (tertiary/aromatic N) is 4. The molecule has 0 spiro atoms. The van der Waals surface area contributed by atoms with Crippen molar-refractivity contribution in [3.63, 3.8) is 0 Å². The van der Waals surface area contributed by atoms with Crippen molar-refractivity contribution >= 4 is 43.2 Å². The monoisotopic (exact) mass is 518 g/mol. The molecule has 1 aromatic carbocycles. The Bertz CT molecular complexity index is 1490. The molecule has 1 amide bonds. The molecule has 2 fully saturated rings. The summed E-state index contributed by atoms with van der Waals surface area (Å²) in [4.78, 5) is 46.7. The number of aliphatic hydroxyl groups excluding tert-OH is 1. The zero-order chi connectivity index (χ0) is 24.3. The highest BCUT2D eigenvalue weighted by Crippen LogP contribution is 2.47. The van der Waals surface area contributed by atoms with E-state index in [9.17, 15) is 19.6 Å². The average Bonchev–Trinajstić information content (AvgIpc) is 3.53. The summed E-state index contributed by atoms with van der Waals surface area (Å²) in [6, 6.07) is 9.45. The minimum absolute atomic E-state index is 0.0220. The van der Waals surface area contributed by atoms with Gasteiger partial charge in [0.1, 0.15) is 18.3 Å². The molecule has 5 heterocycles. The van der Waals surface area contributed by atoms with Gasteiger partial charge in [-0.05, 0) is 5.56 Å². The summed E-state index contributed by atoms with van der Waals surface area (Å²) >= 11 is 0.992. The third-order valence-electron chi connectivity index (χ3n) is 5.77. The van der Waals surface area contributed by atoms with E-state index in [1.165, 1.54) is 8.97 Å². The summed E-state index contributed by atoms with van der Waals surface area (Å²) in [6.45, 7) is 0.0220. The van der Waals surface area contributed by atoms with Crippen molar-refractivity contribution in [3.8, 4) is 11.3 Å². The Hall–Kier alpha value is -2.84. The Kier molecular flexibility index (Phi) is 5.60. The molecule has 4 aromatic rings. The standard InChI is InChI=1S/C20H19N6O7PS/c21-12(27)8-35-20-23-13-16(26(20)18-14(28)15-11(32-18)7-31-34(30)33-15)24-19-22-10(6-25(19)17(13)29)9-4-2-1-3-5-9/h1-6,11,14-15,18,28,30H,7-8H2,(H2,21,27)(H,22,24)/t11?,14-,15+,18+,34?/m0/s1. The van der Waals surface area contributed by atoms with Crippen LogP contribution in [0.1, 0.15) is 6.23 Å². The van der Waals surface area contributed by atoms with Crippen LogP contribution < -0.4 is 11.3 Å². The first-order valence-corrected chi connectivity index (χ1v) is 12.6. The molecule has 2 saturated heterocycles. The van der Waals surface area contributed by atoms with E-state index in [0.717, 1.165) is 17.3 Å². The van der Waals surface area contributed by atoms with Gasteiger partial charge in [0.05, 0.1) is 18.1 Å². The van der Waals surface area contributed by atoms with Crippen molar-refractivity contribution in [3.05, 3.63) is 46.9 Å². The van der Waals surface area contributed by atoms with Gasteiger partial charge < -0.3 is 34.5 Å². The van der Waals surface area contributed by atoms with Gasteiger partial charge in [-0.25, -0.2) is 9.38 Å². The van der Waals surface area contributed by atoms with Crippen LogP contribution in [-0.2, 0) is 18.6 Å². The summed E-state index contributed by atoms with van der Waals surface area (Å²) in [7, 11) is -2.14. The van der Waals surface area contributed by atoms with E-state index in [2.05, 4.69) is 15.0 Å². The summed E-state index contributed by atoms with van der Waals surface area (Å²) in [5, 5.41) is 11.2. The molecule has 182 valence electrons. The smallest absolute Gasteiger partial charge is 0.330 e. The van der Waals surface area contributed by atoms with Crippen LogP contribution in [0.25, 0.3) is 28.2 Å². The van der Waals surface area contributed by atoms with E-state index < -0.39 is 44.6 Å². The lowest BCUT2D eigenvalue weighted by Gasteiger charge is -2.27. The quantitative estimate of drug-likeness (QED) is 0.215. The number of hydrogen-bond donors (Lipinski definition) is 4. The topological polar surface area (TPSA) is 179 Å². The number of H-pyrrole nitrogens is 1. The molecule has 2 unspecified atom stereocenters. The van der Waals surface area contributed by atoms with E-state index in [1.54, 1.807) is 6.20 Å². The van der Waals surface area contributed by atoms with E-state index >= 15 is 0 Å². The largest absolute Gasteiger partial charge is 0.386 e. The average molecular weight is 518 g/mol. The van der Waals surface area contributed by atoms with Crippen molar-refractivity contribution in [2.45, 2.75) is 29.7 Å². The van der Waals surface area contributed by atoms with Crippen molar-refractivity contribution in [1.29, 1.82) is 0 Å². The molecule has 3 aromatic heterocycles. The van der Waals surface area contributed by atoms with Crippen LogP contribution in [0, 0.1) is 0 Å². The second-order valence-corrected chi connectivity index (χ2v) is 9.88. The van der Waals surface area contributed by atoms with Gasteiger partial charge >= 0.3 is 8.60 Å². The second-order valence-electron chi connectivity index (χ2n) is 8.00. The SMILES string of the molecule is NC(=O)CSc1nc2c(=O)n3cc(-c4ccccc4)[nH]c3nc2n1[C@@H]1OC2COP(O)O[C@H]2[C@@H]1O. The summed E-state index contributed by atoms with van der Waals surface area (Å²) in [5.41, 5.74) is 6.61. The number of rotatable bonds is 5. The molecule has 0 aliphatic carbocycles. The molecule has 0 bridgehead atoms. The van der Waals surface area contributed by atoms with Gasteiger partial charge in [-0.15, -0.1) is 0 Å². The number of nitrogens with one attached hydrogen (secondary N) is 1. The zero-order valence-corrected chi connectivity index (χ0v) is 19.6. The van der Waals surface area contributed by atoms with Gasteiger partial charge in [-0.2, -0.15) is 4.98 Å². The second kappa shape index (κ2) is 8.68.